The predicted octanol–water partition coefficient (Wildman–Crippen LogP) is 13.5. The van der Waals surface area contributed by atoms with Crippen molar-refractivity contribution in [2.75, 3.05) is 13.2 Å². The average molecular weight is 717 g/mol. The highest BCUT2D eigenvalue weighted by atomic mass is 31.2. The second-order valence-electron chi connectivity index (χ2n) is 14.4. The highest BCUT2D eigenvalue weighted by Gasteiger charge is 2.21. The first-order chi connectivity index (χ1) is 23.9. The third-order valence-electron chi connectivity index (χ3n) is 9.41. The van der Waals surface area contributed by atoms with Crippen LogP contribution in [-0.4, -0.2) is 35.1 Å². The molecule has 0 spiro atoms. The number of allylic oxidation sites excluding steroid dienone is 1. The molecular formula is C41H81O7P. The summed E-state index contributed by atoms with van der Waals surface area (Å²) in [7, 11) is -4.66. The zero-order valence-corrected chi connectivity index (χ0v) is 33.3. The number of hydrogen-bond donors (Lipinski definition) is 2. The molecule has 2 N–H and O–H groups in total. The molecule has 0 aromatic rings. The molecule has 0 rings (SSSR count). The second kappa shape index (κ2) is 38.4. The van der Waals surface area contributed by atoms with E-state index in [1.807, 2.05) is 6.08 Å². The molecule has 0 aliphatic carbocycles. The first-order valence-electron chi connectivity index (χ1n) is 21.0. The largest absolute Gasteiger partial charge is 0.498 e. The van der Waals surface area contributed by atoms with E-state index in [-0.39, 0.29) is 12.6 Å². The number of carbonyl (C=O) groups excluding carboxylic acids is 1. The van der Waals surface area contributed by atoms with Gasteiger partial charge in [0.1, 0.15) is 6.61 Å². The number of esters is 1. The van der Waals surface area contributed by atoms with Crippen molar-refractivity contribution in [2.45, 2.75) is 232 Å². The zero-order chi connectivity index (χ0) is 35.9. The lowest BCUT2D eigenvalue weighted by atomic mass is 10.0. The minimum absolute atomic E-state index is 0.0000554. The van der Waals surface area contributed by atoms with Crippen LogP contribution < -0.4 is 0 Å². The number of phosphoric ester groups is 1. The molecule has 0 aliphatic rings. The van der Waals surface area contributed by atoms with Crippen LogP contribution >= 0.6 is 7.82 Å². The van der Waals surface area contributed by atoms with Crippen molar-refractivity contribution in [3.8, 4) is 0 Å². The molecule has 0 amide bonds. The summed E-state index contributed by atoms with van der Waals surface area (Å²) in [6.07, 6.45) is 44.4. The van der Waals surface area contributed by atoms with E-state index in [1.54, 1.807) is 6.26 Å². The number of carbonyl (C=O) groups is 1. The molecule has 49 heavy (non-hydrogen) atoms. The molecule has 0 unspecified atom stereocenters. The lowest BCUT2D eigenvalue weighted by Gasteiger charge is -2.18. The Kier molecular flexibility index (Phi) is 37.7. The molecule has 1 atom stereocenters. The maximum absolute atomic E-state index is 12.4. The Labute approximate surface area is 303 Å². The minimum atomic E-state index is -4.66. The fourth-order valence-corrected chi connectivity index (χ4v) is 6.65. The van der Waals surface area contributed by atoms with Gasteiger partial charge in [0.2, 0.25) is 0 Å². The summed E-state index contributed by atoms with van der Waals surface area (Å²) in [6, 6.07) is 0. The SMILES string of the molecule is CCCCCCCCCCCCCCCCCC/C=C\OC[C@H](COP(=O)(O)O)OC(=O)CCCCCCCCCCCCCCCCC. The van der Waals surface area contributed by atoms with Crippen molar-refractivity contribution in [1.29, 1.82) is 0 Å². The highest BCUT2D eigenvalue weighted by molar-refractivity contribution is 7.46. The van der Waals surface area contributed by atoms with Crippen molar-refractivity contribution in [2.24, 2.45) is 0 Å². The highest BCUT2D eigenvalue weighted by Crippen LogP contribution is 2.36. The minimum Gasteiger partial charge on any atom is -0.498 e. The zero-order valence-electron chi connectivity index (χ0n) is 32.4. The Morgan fingerprint density at radius 2 is 0.878 bits per heavy atom. The van der Waals surface area contributed by atoms with Crippen molar-refractivity contribution in [3.05, 3.63) is 12.3 Å². The molecule has 0 fully saturated rings. The van der Waals surface area contributed by atoms with Crippen LogP contribution in [0.5, 0.6) is 0 Å². The third-order valence-corrected chi connectivity index (χ3v) is 9.90. The Morgan fingerprint density at radius 1 is 0.531 bits per heavy atom. The van der Waals surface area contributed by atoms with Crippen molar-refractivity contribution >= 4 is 13.8 Å². The van der Waals surface area contributed by atoms with Gasteiger partial charge in [-0.2, -0.15) is 0 Å². The molecule has 0 aromatic heterocycles. The van der Waals surface area contributed by atoms with Gasteiger partial charge in [0.05, 0.1) is 12.9 Å². The Bertz CT molecular complexity index is 754. The molecule has 7 nitrogen and oxygen atoms in total. The number of phosphoric acid groups is 1. The van der Waals surface area contributed by atoms with E-state index in [1.165, 1.54) is 173 Å². The van der Waals surface area contributed by atoms with Crippen LogP contribution in [0, 0.1) is 0 Å². The number of unbranched alkanes of at least 4 members (excludes halogenated alkanes) is 30. The van der Waals surface area contributed by atoms with Crippen molar-refractivity contribution in [1.82, 2.24) is 0 Å². The Balaban J connectivity index is 3.79. The molecule has 0 saturated carbocycles. The quantitative estimate of drug-likeness (QED) is 0.0282. The maximum Gasteiger partial charge on any atom is 0.469 e. The van der Waals surface area contributed by atoms with Gasteiger partial charge in [0.25, 0.3) is 0 Å². The first kappa shape index (κ1) is 48.1. The van der Waals surface area contributed by atoms with E-state index >= 15 is 0 Å². The summed E-state index contributed by atoms with van der Waals surface area (Å²) < 4.78 is 26.8. The van der Waals surface area contributed by atoms with Gasteiger partial charge in [0.15, 0.2) is 6.10 Å². The maximum atomic E-state index is 12.4. The third kappa shape index (κ3) is 41.4. The van der Waals surface area contributed by atoms with E-state index in [0.717, 1.165) is 32.1 Å². The number of hydrogen-bond acceptors (Lipinski definition) is 5. The molecule has 0 heterocycles. The first-order valence-corrected chi connectivity index (χ1v) is 22.6. The molecule has 0 radical (unpaired) electrons. The number of ether oxygens (including phenoxy) is 2. The summed E-state index contributed by atoms with van der Waals surface area (Å²) >= 11 is 0. The van der Waals surface area contributed by atoms with Gasteiger partial charge < -0.3 is 19.3 Å². The van der Waals surface area contributed by atoms with Gasteiger partial charge in [0, 0.05) is 6.42 Å². The van der Waals surface area contributed by atoms with E-state index < -0.39 is 20.5 Å². The fraction of sp³-hybridized carbons (Fsp3) is 0.927. The van der Waals surface area contributed by atoms with Crippen molar-refractivity contribution in [3.63, 3.8) is 0 Å². The molecule has 0 saturated heterocycles. The van der Waals surface area contributed by atoms with Crippen LogP contribution in [-0.2, 0) is 23.4 Å². The van der Waals surface area contributed by atoms with Crippen LogP contribution in [0.25, 0.3) is 0 Å². The Hall–Kier alpha value is -0.880. The topological polar surface area (TPSA) is 102 Å². The molecular weight excluding hydrogens is 635 g/mol. The average Bonchev–Trinajstić information content (AvgIpc) is 3.07. The van der Waals surface area contributed by atoms with Crippen LogP contribution in [0.2, 0.25) is 0 Å². The molecule has 0 aliphatic heterocycles. The van der Waals surface area contributed by atoms with E-state index in [4.69, 9.17) is 19.3 Å². The van der Waals surface area contributed by atoms with Crippen LogP contribution in [0.1, 0.15) is 226 Å². The summed E-state index contributed by atoms with van der Waals surface area (Å²) in [5.74, 6) is -0.380. The van der Waals surface area contributed by atoms with Crippen LogP contribution in [0.15, 0.2) is 12.3 Å². The molecule has 292 valence electrons. The molecule has 0 bridgehead atoms. The van der Waals surface area contributed by atoms with Gasteiger partial charge in [-0.25, -0.2) is 4.57 Å². The van der Waals surface area contributed by atoms with Gasteiger partial charge in [-0.1, -0.05) is 200 Å². The van der Waals surface area contributed by atoms with Gasteiger partial charge in [-0.3, -0.25) is 9.32 Å². The molecule has 0 aromatic carbocycles. The lowest BCUT2D eigenvalue weighted by Crippen LogP contribution is -2.27. The van der Waals surface area contributed by atoms with Gasteiger partial charge in [-0.05, 0) is 25.3 Å². The van der Waals surface area contributed by atoms with E-state index in [2.05, 4.69) is 18.4 Å². The van der Waals surface area contributed by atoms with Gasteiger partial charge >= 0.3 is 13.8 Å². The molecule has 8 heteroatoms. The summed E-state index contributed by atoms with van der Waals surface area (Å²) in [6.45, 7) is 4.14. The Morgan fingerprint density at radius 3 is 1.24 bits per heavy atom. The smallest absolute Gasteiger partial charge is 0.469 e. The van der Waals surface area contributed by atoms with Crippen LogP contribution in [0.4, 0.5) is 0 Å². The summed E-state index contributed by atoms with van der Waals surface area (Å²) in [5.41, 5.74) is 0. The standard InChI is InChI=1S/C41H81O7P/c1-3-5-7-9-11-13-15-17-19-20-21-23-25-27-29-31-33-35-37-46-38-40(39-47-49(43,44)45)48-41(42)36-34-32-30-28-26-24-22-18-16-14-12-10-8-6-4-2/h35,37,40H,3-34,36,38-39H2,1-2H3,(H2,43,44,45)/b37-35-/t40-/m1/s1. The summed E-state index contributed by atoms with van der Waals surface area (Å²) in [5, 5.41) is 0. The van der Waals surface area contributed by atoms with E-state index in [9.17, 15) is 9.36 Å². The monoisotopic (exact) mass is 717 g/mol. The summed E-state index contributed by atoms with van der Waals surface area (Å²) in [4.78, 5) is 30.5. The van der Waals surface area contributed by atoms with E-state index in [0.29, 0.717) is 6.42 Å². The van der Waals surface area contributed by atoms with Gasteiger partial charge in [-0.15, -0.1) is 0 Å². The predicted molar refractivity (Wildman–Crippen MR) is 207 cm³/mol. The normalized spacial score (nSPS) is 12.6. The fourth-order valence-electron chi connectivity index (χ4n) is 6.29. The van der Waals surface area contributed by atoms with Crippen molar-refractivity contribution < 1.29 is 33.1 Å². The number of rotatable bonds is 40. The lowest BCUT2D eigenvalue weighted by molar-refractivity contribution is -0.153. The second-order valence-corrected chi connectivity index (χ2v) is 15.6. The van der Waals surface area contributed by atoms with Crippen LogP contribution in [0.3, 0.4) is 0 Å².